The van der Waals surface area contributed by atoms with Gasteiger partial charge in [0.15, 0.2) is 0 Å². The smallest absolute Gasteiger partial charge is 0.373 e. The first-order valence-electron chi connectivity index (χ1n) is 7.47. The summed E-state index contributed by atoms with van der Waals surface area (Å²) >= 11 is 3.30. The Labute approximate surface area is 160 Å². The maximum absolute atomic E-state index is 11.5. The van der Waals surface area contributed by atoms with Crippen LogP contribution in [0.2, 0.25) is 0 Å². The van der Waals surface area contributed by atoms with Crippen molar-refractivity contribution >= 4 is 39.1 Å². The highest BCUT2D eigenvalue weighted by Crippen LogP contribution is 2.35. The van der Waals surface area contributed by atoms with Crippen molar-refractivity contribution < 1.29 is 19.6 Å². The molecule has 0 saturated carbocycles. The van der Waals surface area contributed by atoms with Gasteiger partial charge in [0.1, 0.15) is 12.1 Å². The molecule has 0 aliphatic carbocycles. The van der Waals surface area contributed by atoms with Crippen molar-refractivity contribution in [2.24, 2.45) is 0 Å². The average Bonchev–Trinajstić information content (AvgIpc) is 2.64. The minimum absolute atomic E-state index is 0.0785. The summed E-state index contributed by atoms with van der Waals surface area (Å²) in [6, 6.07) is 12.4. The Bertz CT molecular complexity index is 993. The molecule has 0 amide bonds. The Hall–Kier alpha value is -3.53. The van der Waals surface area contributed by atoms with Crippen LogP contribution in [0.25, 0.3) is 0 Å². The van der Waals surface area contributed by atoms with Gasteiger partial charge in [-0.3, -0.25) is 10.1 Å². The van der Waals surface area contributed by atoms with Crippen LogP contribution in [-0.4, -0.2) is 26.0 Å². The Morgan fingerprint density at radius 3 is 2.37 bits per heavy atom. The predicted octanol–water partition coefficient (Wildman–Crippen LogP) is 4.38. The number of benzene rings is 2. The molecule has 0 spiro atoms. The van der Waals surface area contributed by atoms with Crippen LogP contribution in [0.3, 0.4) is 0 Å². The SMILES string of the molecule is O=C(O)c1ccc(Nc2ncnc(Oc3ccc(Br)cc3)c2[N+](=O)[O-])cc1. The molecule has 0 bridgehead atoms. The number of ether oxygens (including phenoxy) is 1. The fourth-order valence-corrected chi connectivity index (χ4v) is 2.40. The lowest BCUT2D eigenvalue weighted by Crippen LogP contribution is -2.04. The van der Waals surface area contributed by atoms with E-state index in [-0.39, 0.29) is 17.3 Å². The molecule has 0 radical (unpaired) electrons. The first-order chi connectivity index (χ1) is 12.9. The van der Waals surface area contributed by atoms with E-state index >= 15 is 0 Å². The summed E-state index contributed by atoms with van der Waals surface area (Å²) in [4.78, 5) is 29.5. The number of halogens is 1. The molecule has 0 aliphatic heterocycles. The lowest BCUT2D eigenvalue weighted by Gasteiger charge is -2.09. The Kier molecular flexibility index (Phi) is 5.27. The van der Waals surface area contributed by atoms with Crippen LogP contribution in [0.4, 0.5) is 17.2 Å². The van der Waals surface area contributed by atoms with Crippen molar-refractivity contribution in [1.29, 1.82) is 0 Å². The van der Waals surface area contributed by atoms with Crippen LogP contribution in [0.5, 0.6) is 11.6 Å². The minimum Gasteiger partial charge on any atom is -0.478 e. The zero-order valence-electron chi connectivity index (χ0n) is 13.5. The molecule has 0 aliphatic rings. The third kappa shape index (κ3) is 4.36. The number of rotatable bonds is 6. The third-order valence-corrected chi connectivity index (χ3v) is 3.92. The van der Waals surface area contributed by atoms with Gasteiger partial charge in [-0.1, -0.05) is 15.9 Å². The zero-order valence-corrected chi connectivity index (χ0v) is 15.1. The van der Waals surface area contributed by atoms with Gasteiger partial charge in [0.2, 0.25) is 5.82 Å². The molecule has 10 heteroatoms. The van der Waals surface area contributed by atoms with Crippen molar-refractivity contribution in [2.45, 2.75) is 0 Å². The van der Waals surface area contributed by atoms with Crippen molar-refractivity contribution in [1.82, 2.24) is 9.97 Å². The highest BCUT2D eigenvalue weighted by Gasteiger charge is 2.25. The van der Waals surface area contributed by atoms with Crippen LogP contribution in [0.15, 0.2) is 59.3 Å². The van der Waals surface area contributed by atoms with E-state index < -0.39 is 16.6 Å². The highest BCUT2D eigenvalue weighted by atomic mass is 79.9. The van der Waals surface area contributed by atoms with E-state index in [2.05, 4.69) is 31.2 Å². The van der Waals surface area contributed by atoms with Crippen molar-refractivity contribution in [2.75, 3.05) is 5.32 Å². The molecule has 0 atom stereocenters. The zero-order chi connectivity index (χ0) is 19.4. The van der Waals surface area contributed by atoms with Crippen LogP contribution in [0, 0.1) is 10.1 Å². The fourth-order valence-electron chi connectivity index (χ4n) is 2.14. The number of carboxylic acids is 1. The van der Waals surface area contributed by atoms with Gasteiger partial charge in [-0.25, -0.2) is 9.78 Å². The number of hydrogen-bond donors (Lipinski definition) is 2. The second-order valence-electron chi connectivity index (χ2n) is 5.20. The standard InChI is InChI=1S/C17H11BrN4O5/c18-11-3-7-13(8-4-11)27-16-14(22(25)26)15(19-9-20-16)21-12-5-1-10(2-6-12)17(23)24/h1-9H,(H,23,24)(H,19,20,21). The molecule has 2 aromatic carbocycles. The summed E-state index contributed by atoms with van der Waals surface area (Å²) in [5.74, 6) is -0.997. The van der Waals surface area contributed by atoms with Crippen LogP contribution in [-0.2, 0) is 0 Å². The molecule has 136 valence electrons. The molecule has 27 heavy (non-hydrogen) atoms. The first-order valence-corrected chi connectivity index (χ1v) is 8.26. The monoisotopic (exact) mass is 430 g/mol. The second-order valence-corrected chi connectivity index (χ2v) is 6.11. The normalized spacial score (nSPS) is 10.3. The van der Waals surface area contributed by atoms with Gasteiger partial charge in [-0.05, 0) is 48.5 Å². The Morgan fingerprint density at radius 2 is 1.78 bits per heavy atom. The number of carbonyl (C=O) groups is 1. The quantitative estimate of drug-likeness (QED) is 0.435. The van der Waals surface area contributed by atoms with Crippen molar-refractivity contribution in [3.8, 4) is 11.6 Å². The van der Waals surface area contributed by atoms with Crippen LogP contribution >= 0.6 is 15.9 Å². The molecule has 9 nitrogen and oxygen atoms in total. The summed E-state index contributed by atoms with van der Waals surface area (Å²) in [6.45, 7) is 0. The molecule has 2 N–H and O–H groups in total. The summed E-state index contributed by atoms with van der Waals surface area (Å²) < 4.78 is 6.36. The van der Waals surface area contributed by atoms with Gasteiger partial charge >= 0.3 is 17.5 Å². The van der Waals surface area contributed by atoms with E-state index in [1.54, 1.807) is 24.3 Å². The lowest BCUT2D eigenvalue weighted by atomic mass is 10.2. The number of nitrogens with zero attached hydrogens (tertiary/aromatic N) is 3. The van der Waals surface area contributed by atoms with E-state index in [0.29, 0.717) is 11.4 Å². The van der Waals surface area contributed by atoms with E-state index in [4.69, 9.17) is 9.84 Å². The summed E-state index contributed by atoms with van der Waals surface area (Å²) in [7, 11) is 0. The van der Waals surface area contributed by atoms with Gasteiger partial charge in [0, 0.05) is 10.2 Å². The van der Waals surface area contributed by atoms with Crippen LogP contribution < -0.4 is 10.1 Å². The molecule has 1 aromatic heterocycles. The average molecular weight is 431 g/mol. The molecule has 0 saturated heterocycles. The number of nitro groups is 1. The largest absolute Gasteiger partial charge is 0.478 e. The number of nitrogens with one attached hydrogen (secondary N) is 1. The van der Waals surface area contributed by atoms with Crippen molar-refractivity contribution in [3.05, 3.63) is 75.0 Å². The lowest BCUT2D eigenvalue weighted by molar-refractivity contribution is -0.385. The molecular formula is C17H11BrN4O5. The molecule has 1 heterocycles. The third-order valence-electron chi connectivity index (χ3n) is 3.39. The molecule has 3 aromatic rings. The van der Waals surface area contributed by atoms with E-state index in [9.17, 15) is 14.9 Å². The summed E-state index contributed by atoms with van der Waals surface area (Å²) in [5, 5.41) is 23.2. The highest BCUT2D eigenvalue weighted by molar-refractivity contribution is 9.10. The summed E-state index contributed by atoms with van der Waals surface area (Å²) in [6.07, 6.45) is 1.13. The molecular weight excluding hydrogens is 420 g/mol. The van der Waals surface area contributed by atoms with Gasteiger partial charge < -0.3 is 15.2 Å². The minimum atomic E-state index is -1.07. The van der Waals surface area contributed by atoms with Crippen molar-refractivity contribution in [3.63, 3.8) is 0 Å². The molecule has 0 unspecified atom stereocenters. The van der Waals surface area contributed by atoms with Gasteiger partial charge in [-0.15, -0.1) is 0 Å². The maximum Gasteiger partial charge on any atom is 0.373 e. The number of hydrogen-bond acceptors (Lipinski definition) is 7. The summed E-state index contributed by atoms with van der Waals surface area (Å²) in [5.41, 5.74) is 0.0797. The Morgan fingerprint density at radius 1 is 1.11 bits per heavy atom. The number of aromatic nitrogens is 2. The second kappa shape index (κ2) is 7.79. The van der Waals surface area contributed by atoms with E-state index in [0.717, 1.165) is 10.8 Å². The predicted molar refractivity (Wildman–Crippen MR) is 99.6 cm³/mol. The number of aromatic carboxylic acids is 1. The molecule has 3 rings (SSSR count). The Balaban J connectivity index is 1.92. The number of carboxylic acid groups (broad SMARTS) is 1. The van der Waals surface area contributed by atoms with Gasteiger partial charge in [0.05, 0.1) is 10.5 Å². The van der Waals surface area contributed by atoms with E-state index in [1.165, 1.54) is 24.3 Å². The fraction of sp³-hybridized carbons (Fsp3) is 0. The van der Waals surface area contributed by atoms with Gasteiger partial charge in [-0.2, -0.15) is 4.98 Å². The van der Waals surface area contributed by atoms with E-state index in [1.807, 2.05) is 0 Å². The van der Waals surface area contributed by atoms with Crippen LogP contribution in [0.1, 0.15) is 10.4 Å². The maximum atomic E-state index is 11.5. The van der Waals surface area contributed by atoms with Gasteiger partial charge in [0.25, 0.3) is 0 Å². The number of anilines is 2. The molecule has 0 fully saturated rings. The topological polar surface area (TPSA) is 127 Å². The first kappa shape index (κ1) is 18.3.